The number of rotatable bonds is 16. The predicted molar refractivity (Wildman–Crippen MR) is 145 cm³/mol. The molecule has 0 aliphatic heterocycles. The third-order valence-corrected chi connectivity index (χ3v) is 6.06. The summed E-state index contributed by atoms with van der Waals surface area (Å²) in [5, 5.41) is 0. The molecule has 9 heteroatoms. The summed E-state index contributed by atoms with van der Waals surface area (Å²) in [6.07, 6.45) is 4.85. The monoisotopic (exact) mass is 545 g/mol. The minimum absolute atomic E-state index is 0.0989. The normalized spacial score (nSPS) is 12.6. The van der Waals surface area contributed by atoms with Crippen molar-refractivity contribution in [2.75, 3.05) is 38.9 Å². The van der Waals surface area contributed by atoms with Crippen LogP contribution in [0.3, 0.4) is 0 Å². The SMILES string of the molecule is C#CCOCC(COc1ccc(C(C)(C)c2ccc(OCC(CC)OC(=O)CN)cc2)cc1)OC(=O)CCl. The molecule has 0 saturated carbocycles. The zero-order valence-corrected chi connectivity index (χ0v) is 22.9. The molecule has 0 heterocycles. The van der Waals surface area contributed by atoms with Gasteiger partial charge < -0.3 is 29.4 Å². The van der Waals surface area contributed by atoms with Crippen LogP contribution in [0.25, 0.3) is 0 Å². The van der Waals surface area contributed by atoms with Crippen LogP contribution in [0.2, 0.25) is 0 Å². The van der Waals surface area contributed by atoms with Gasteiger partial charge in [0.15, 0.2) is 6.10 Å². The van der Waals surface area contributed by atoms with Gasteiger partial charge in [-0.3, -0.25) is 9.59 Å². The molecule has 2 rings (SSSR count). The Kier molecular flexibility index (Phi) is 12.9. The van der Waals surface area contributed by atoms with Crippen molar-refractivity contribution < 1.29 is 33.3 Å². The lowest BCUT2D eigenvalue weighted by atomic mass is 9.78. The number of benzene rings is 2. The first-order chi connectivity index (χ1) is 18.2. The van der Waals surface area contributed by atoms with Gasteiger partial charge in [-0.1, -0.05) is 51.0 Å². The number of ether oxygens (including phenoxy) is 5. The summed E-state index contributed by atoms with van der Waals surface area (Å²) in [5.41, 5.74) is 7.20. The maximum atomic E-state index is 11.6. The van der Waals surface area contributed by atoms with E-state index in [0.717, 1.165) is 11.1 Å². The number of hydrogen-bond acceptors (Lipinski definition) is 8. The number of carbonyl (C=O) groups is 2. The Morgan fingerprint density at radius 1 is 0.895 bits per heavy atom. The van der Waals surface area contributed by atoms with E-state index in [4.69, 9.17) is 47.4 Å². The third kappa shape index (κ3) is 9.90. The van der Waals surface area contributed by atoms with Crippen molar-refractivity contribution in [3.8, 4) is 23.8 Å². The second-order valence-corrected chi connectivity index (χ2v) is 9.25. The molecule has 0 radical (unpaired) electrons. The fourth-order valence-electron chi connectivity index (χ4n) is 3.53. The van der Waals surface area contributed by atoms with Gasteiger partial charge in [-0.25, -0.2) is 0 Å². The van der Waals surface area contributed by atoms with Crippen molar-refractivity contribution in [3.05, 3.63) is 59.7 Å². The third-order valence-electron chi connectivity index (χ3n) is 5.84. The molecule has 0 fully saturated rings. The highest BCUT2D eigenvalue weighted by Crippen LogP contribution is 2.33. The molecule has 2 unspecified atom stereocenters. The average molecular weight is 546 g/mol. The molecule has 2 aromatic rings. The maximum absolute atomic E-state index is 11.6. The molecule has 0 aromatic heterocycles. The molecular formula is C29H36ClNO7. The largest absolute Gasteiger partial charge is 0.490 e. The Hall–Kier alpha value is -3.25. The van der Waals surface area contributed by atoms with Crippen LogP contribution in [0.1, 0.15) is 38.3 Å². The summed E-state index contributed by atoms with van der Waals surface area (Å²) in [6.45, 7) is 6.59. The van der Waals surface area contributed by atoms with Crippen LogP contribution in [-0.2, 0) is 29.2 Å². The van der Waals surface area contributed by atoms with E-state index in [1.54, 1.807) is 0 Å². The summed E-state index contributed by atoms with van der Waals surface area (Å²) < 4.78 is 27.4. The Balaban J connectivity index is 1.98. The van der Waals surface area contributed by atoms with Gasteiger partial charge >= 0.3 is 11.9 Å². The second kappa shape index (κ2) is 15.9. The Morgan fingerprint density at radius 2 is 1.39 bits per heavy atom. The highest BCUT2D eigenvalue weighted by atomic mass is 35.5. The zero-order chi connectivity index (χ0) is 28.0. The highest BCUT2D eigenvalue weighted by Gasteiger charge is 2.23. The van der Waals surface area contributed by atoms with E-state index in [0.29, 0.717) is 17.9 Å². The van der Waals surface area contributed by atoms with Crippen LogP contribution >= 0.6 is 11.6 Å². The molecule has 2 aromatic carbocycles. The minimum atomic E-state index is -0.633. The molecule has 0 bridgehead atoms. The summed E-state index contributed by atoms with van der Waals surface area (Å²) in [5.74, 6) is 2.41. The summed E-state index contributed by atoms with van der Waals surface area (Å²) in [4.78, 5) is 23.0. The van der Waals surface area contributed by atoms with Gasteiger partial charge in [-0.15, -0.1) is 18.0 Å². The van der Waals surface area contributed by atoms with Crippen LogP contribution in [0, 0.1) is 12.3 Å². The average Bonchev–Trinajstić information content (AvgIpc) is 2.94. The number of terminal acetylenes is 1. The van der Waals surface area contributed by atoms with Crippen LogP contribution in [0.5, 0.6) is 11.5 Å². The first-order valence-electron chi connectivity index (χ1n) is 12.4. The van der Waals surface area contributed by atoms with Crippen molar-refractivity contribution in [1.82, 2.24) is 0 Å². The zero-order valence-electron chi connectivity index (χ0n) is 22.1. The van der Waals surface area contributed by atoms with E-state index < -0.39 is 18.0 Å². The highest BCUT2D eigenvalue weighted by molar-refractivity contribution is 6.26. The number of nitrogens with two attached hydrogens (primary N) is 1. The van der Waals surface area contributed by atoms with Crippen LogP contribution in [0.15, 0.2) is 48.5 Å². The molecule has 0 aliphatic rings. The Bertz CT molecular complexity index is 1050. The van der Waals surface area contributed by atoms with E-state index in [1.807, 2.05) is 55.5 Å². The van der Waals surface area contributed by atoms with Crippen molar-refractivity contribution >= 4 is 23.5 Å². The fourth-order valence-corrected chi connectivity index (χ4v) is 3.60. The number of esters is 2. The molecule has 0 saturated heterocycles. The molecule has 0 aliphatic carbocycles. The number of carbonyl (C=O) groups excluding carboxylic acids is 2. The van der Waals surface area contributed by atoms with E-state index in [-0.39, 0.29) is 50.4 Å². The summed E-state index contributed by atoms with van der Waals surface area (Å²) >= 11 is 5.53. The molecule has 8 nitrogen and oxygen atoms in total. The fraction of sp³-hybridized carbons (Fsp3) is 0.448. The van der Waals surface area contributed by atoms with Crippen LogP contribution in [0.4, 0.5) is 0 Å². The molecule has 38 heavy (non-hydrogen) atoms. The van der Waals surface area contributed by atoms with Crippen molar-refractivity contribution in [2.45, 2.75) is 44.8 Å². The summed E-state index contributed by atoms with van der Waals surface area (Å²) in [6, 6.07) is 15.5. The number of halogens is 1. The molecule has 0 spiro atoms. The smallest absolute Gasteiger partial charge is 0.321 e. The molecule has 2 N–H and O–H groups in total. The molecule has 0 amide bonds. The van der Waals surface area contributed by atoms with Crippen molar-refractivity contribution in [3.63, 3.8) is 0 Å². The Morgan fingerprint density at radius 3 is 1.84 bits per heavy atom. The van der Waals surface area contributed by atoms with Gasteiger partial charge in [0.2, 0.25) is 0 Å². The lowest BCUT2D eigenvalue weighted by Gasteiger charge is -2.27. The van der Waals surface area contributed by atoms with Gasteiger partial charge in [-0.05, 0) is 41.8 Å². The van der Waals surface area contributed by atoms with E-state index >= 15 is 0 Å². The predicted octanol–water partition coefficient (Wildman–Crippen LogP) is 3.85. The van der Waals surface area contributed by atoms with Gasteiger partial charge in [0.05, 0.1) is 13.2 Å². The quantitative estimate of drug-likeness (QED) is 0.147. The van der Waals surface area contributed by atoms with Crippen LogP contribution in [-0.4, -0.2) is 63.0 Å². The first kappa shape index (κ1) is 31.0. The van der Waals surface area contributed by atoms with Crippen molar-refractivity contribution in [2.24, 2.45) is 5.73 Å². The van der Waals surface area contributed by atoms with Gasteiger partial charge in [-0.2, -0.15) is 0 Å². The van der Waals surface area contributed by atoms with Gasteiger partial charge in [0, 0.05) is 5.41 Å². The maximum Gasteiger partial charge on any atom is 0.321 e. The van der Waals surface area contributed by atoms with E-state index in [2.05, 4.69) is 19.8 Å². The van der Waals surface area contributed by atoms with E-state index in [1.165, 1.54) is 0 Å². The first-order valence-corrected chi connectivity index (χ1v) is 12.9. The van der Waals surface area contributed by atoms with Gasteiger partial charge in [0.1, 0.15) is 43.3 Å². The lowest BCUT2D eigenvalue weighted by molar-refractivity contribution is -0.151. The van der Waals surface area contributed by atoms with Gasteiger partial charge in [0.25, 0.3) is 0 Å². The lowest BCUT2D eigenvalue weighted by Crippen LogP contribution is -2.30. The topological polar surface area (TPSA) is 106 Å². The number of hydrogen-bond donors (Lipinski definition) is 1. The standard InChI is InChI=1S/C29H36ClNO7/c1-5-15-34-18-26(38-27(32)16-30)20-36-25-13-9-22(10-14-25)29(3,4)21-7-11-24(12-8-21)35-19-23(6-2)37-28(33)17-31/h1,7-14,23,26H,6,15-20,31H2,2-4H3. The molecule has 206 valence electrons. The van der Waals surface area contributed by atoms with Crippen molar-refractivity contribution in [1.29, 1.82) is 0 Å². The second-order valence-electron chi connectivity index (χ2n) is 8.98. The van der Waals surface area contributed by atoms with E-state index in [9.17, 15) is 9.59 Å². The van der Waals surface area contributed by atoms with Crippen LogP contribution < -0.4 is 15.2 Å². The Labute approximate surface area is 229 Å². The number of alkyl halides is 1. The minimum Gasteiger partial charge on any atom is -0.490 e. The summed E-state index contributed by atoms with van der Waals surface area (Å²) in [7, 11) is 0. The molecular weight excluding hydrogens is 510 g/mol. The molecule has 2 atom stereocenters.